The van der Waals surface area contributed by atoms with Gasteiger partial charge in [0.1, 0.15) is 17.2 Å². The van der Waals surface area contributed by atoms with Gasteiger partial charge in [0.05, 0.1) is 25.4 Å². The first-order chi connectivity index (χ1) is 15.6. The van der Waals surface area contributed by atoms with Gasteiger partial charge in [0.25, 0.3) is 11.8 Å². The predicted molar refractivity (Wildman–Crippen MR) is 122 cm³/mol. The van der Waals surface area contributed by atoms with E-state index in [0.29, 0.717) is 24.5 Å². The van der Waals surface area contributed by atoms with E-state index in [1.165, 1.54) is 12.8 Å². The molecule has 0 heterocycles. The summed E-state index contributed by atoms with van der Waals surface area (Å²) in [6.45, 7) is 2.90. The molecular weight excluding hydrogens is 408 g/mol. The maximum Gasteiger partial charge on any atom is 0.267 e. The largest absolute Gasteiger partial charge is 0.494 e. The van der Waals surface area contributed by atoms with E-state index in [1.807, 2.05) is 13.0 Å². The van der Waals surface area contributed by atoms with Gasteiger partial charge in [-0.1, -0.05) is 37.1 Å². The van der Waals surface area contributed by atoms with Gasteiger partial charge in [-0.05, 0) is 55.2 Å². The molecule has 3 N–H and O–H groups in total. The summed E-state index contributed by atoms with van der Waals surface area (Å²) in [6.07, 6.45) is 5.04. The first-order valence-electron chi connectivity index (χ1n) is 11.0. The van der Waals surface area contributed by atoms with Crippen molar-refractivity contribution < 1.29 is 24.2 Å². The lowest BCUT2D eigenvalue weighted by Crippen LogP contribution is -2.36. The molecule has 0 atom stereocenters. The summed E-state index contributed by atoms with van der Waals surface area (Å²) in [5.41, 5.74) is 1.15. The van der Waals surface area contributed by atoms with Crippen LogP contribution in [0, 0.1) is 5.92 Å². The lowest BCUT2D eigenvalue weighted by atomic mass is 10.1. The number of rotatable bonds is 12. The zero-order valence-electron chi connectivity index (χ0n) is 18.3. The van der Waals surface area contributed by atoms with E-state index in [9.17, 15) is 9.59 Å². The average molecular weight is 439 g/mol. The van der Waals surface area contributed by atoms with Gasteiger partial charge in [-0.25, -0.2) is 0 Å². The summed E-state index contributed by atoms with van der Waals surface area (Å²) in [5, 5.41) is 14.3. The maximum atomic E-state index is 13.0. The predicted octanol–water partition coefficient (Wildman–Crippen LogP) is 3.14. The van der Waals surface area contributed by atoms with Crippen LogP contribution in [0.5, 0.6) is 11.5 Å². The third-order valence-corrected chi connectivity index (χ3v) is 5.00. The van der Waals surface area contributed by atoms with Gasteiger partial charge in [-0.2, -0.15) is 0 Å². The van der Waals surface area contributed by atoms with Crippen molar-refractivity contribution in [1.82, 2.24) is 10.6 Å². The Morgan fingerprint density at radius 3 is 2.53 bits per heavy atom. The molecule has 7 nitrogen and oxygen atoms in total. The van der Waals surface area contributed by atoms with Gasteiger partial charge >= 0.3 is 0 Å². The van der Waals surface area contributed by atoms with Crippen molar-refractivity contribution in [3.8, 4) is 11.5 Å². The first kappa shape index (κ1) is 23.3. The number of hydrogen-bond acceptors (Lipinski definition) is 5. The molecule has 0 unspecified atom stereocenters. The molecule has 0 bridgehead atoms. The van der Waals surface area contributed by atoms with Crippen molar-refractivity contribution in [2.24, 2.45) is 5.92 Å². The molecule has 1 aliphatic carbocycles. The Hall–Kier alpha value is -3.32. The van der Waals surface area contributed by atoms with Crippen LogP contribution >= 0.6 is 0 Å². The molecule has 0 spiro atoms. The van der Waals surface area contributed by atoms with Crippen LogP contribution in [-0.2, 0) is 4.79 Å². The number of amides is 2. The summed E-state index contributed by atoms with van der Waals surface area (Å²) in [7, 11) is 0. The summed E-state index contributed by atoms with van der Waals surface area (Å²) in [4.78, 5) is 25.6. The van der Waals surface area contributed by atoms with Gasteiger partial charge in [0.2, 0.25) is 0 Å². The highest BCUT2D eigenvalue weighted by atomic mass is 16.5. The molecule has 2 aromatic rings. The second kappa shape index (κ2) is 11.9. The van der Waals surface area contributed by atoms with Gasteiger partial charge < -0.3 is 25.2 Å². The molecule has 0 radical (unpaired) electrons. The zero-order valence-corrected chi connectivity index (χ0v) is 18.3. The summed E-state index contributed by atoms with van der Waals surface area (Å²) in [5.74, 6) is 1.01. The van der Waals surface area contributed by atoms with Crippen LogP contribution in [0.2, 0.25) is 0 Å². The van der Waals surface area contributed by atoms with Crippen molar-refractivity contribution >= 4 is 17.9 Å². The van der Waals surface area contributed by atoms with E-state index in [4.69, 9.17) is 14.6 Å². The standard InChI is InChI=1S/C25H30N2O5/c1-2-31-20-11-9-19(10-12-20)17-22(25(30)26-14-15-28)27-24(29)21-5-3-4-6-23(21)32-16-13-18-7-8-18/h3-6,9-12,17-18,28H,2,7-8,13-16H2,1H3,(H,26,30)(H,27,29). The fourth-order valence-electron chi connectivity index (χ4n) is 3.13. The third kappa shape index (κ3) is 7.13. The number of hydrogen-bond donors (Lipinski definition) is 3. The van der Waals surface area contributed by atoms with Crippen molar-refractivity contribution in [3.05, 3.63) is 65.4 Å². The molecular formula is C25H30N2O5. The van der Waals surface area contributed by atoms with Crippen LogP contribution in [-0.4, -0.2) is 43.3 Å². The van der Waals surface area contributed by atoms with E-state index in [0.717, 1.165) is 23.7 Å². The molecule has 0 saturated heterocycles. The second-order valence-corrected chi connectivity index (χ2v) is 7.57. The summed E-state index contributed by atoms with van der Waals surface area (Å²) < 4.78 is 11.3. The fourth-order valence-corrected chi connectivity index (χ4v) is 3.13. The summed E-state index contributed by atoms with van der Waals surface area (Å²) >= 11 is 0. The molecule has 170 valence electrons. The van der Waals surface area contributed by atoms with Gasteiger partial charge in [0.15, 0.2) is 0 Å². The molecule has 1 saturated carbocycles. The second-order valence-electron chi connectivity index (χ2n) is 7.57. The highest BCUT2D eigenvalue weighted by Crippen LogP contribution is 2.32. The number of aliphatic hydroxyl groups is 1. The normalized spacial score (nSPS) is 13.4. The maximum absolute atomic E-state index is 13.0. The van der Waals surface area contributed by atoms with Crippen molar-refractivity contribution in [2.45, 2.75) is 26.2 Å². The molecule has 0 aliphatic heterocycles. The molecule has 7 heteroatoms. The first-order valence-corrected chi connectivity index (χ1v) is 11.0. The monoisotopic (exact) mass is 438 g/mol. The van der Waals surface area contributed by atoms with E-state index in [1.54, 1.807) is 48.5 Å². The van der Waals surface area contributed by atoms with Crippen LogP contribution in [0.15, 0.2) is 54.2 Å². The lowest BCUT2D eigenvalue weighted by molar-refractivity contribution is -0.117. The minimum atomic E-state index is -0.492. The molecule has 2 amide bonds. The number of benzene rings is 2. The van der Waals surface area contributed by atoms with Crippen LogP contribution in [0.1, 0.15) is 42.1 Å². The highest BCUT2D eigenvalue weighted by Gasteiger charge is 2.22. The van der Waals surface area contributed by atoms with Crippen LogP contribution in [0.3, 0.4) is 0 Å². The topological polar surface area (TPSA) is 96.9 Å². The van der Waals surface area contributed by atoms with E-state index in [-0.39, 0.29) is 18.8 Å². The highest BCUT2D eigenvalue weighted by molar-refractivity contribution is 6.06. The zero-order chi connectivity index (χ0) is 22.8. The molecule has 1 fully saturated rings. The molecule has 32 heavy (non-hydrogen) atoms. The number of ether oxygens (including phenoxy) is 2. The quantitative estimate of drug-likeness (QED) is 0.443. The van der Waals surface area contributed by atoms with Crippen LogP contribution in [0.4, 0.5) is 0 Å². The minimum absolute atomic E-state index is 0.0698. The van der Waals surface area contributed by atoms with E-state index >= 15 is 0 Å². The molecule has 0 aromatic heterocycles. The van der Waals surface area contributed by atoms with E-state index < -0.39 is 11.8 Å². The van der Waals surface area contributed by atoms with Gasteiger partial charge in [-0.15, -0.1) is 0 Å². The fraction of sp³-hybridized carbons (Fsp3) is 0.360. The Morgan fingerprint density at radius 2 is 1.84 bits per heavy atom. The number of carbonyl (C=O) groups is 2. The smallest absolute Gasteiger partial charge is 0.267 e. The molecule has 2 aromatic carbocycles. The Labute approximate surface area is 188 Å². The van der Waals surface area contributed by atoms with Crippen LogP contribution in [0.25, 0.3) is 6.08 Å². The average Bonchev–Trinajstić information content (AvgIpc) is 3.63. The Kier molecular flexibility index (Phi) is 8.69. The van der Waals surface area contributed by atoms with Crippen molar-refractivity contribution in [3.63, 3.8) is 0 Å². The van der Waals surface area contributed by atoms with Crippen molar-refractivity contribution in [2.75, 3.05) is 26.4 Å². The van der Waals surface area contributed by atoms with Gasteiger partial charge in [0, 0.05) is 6.54 Å². The van der Waals surface area contributed by atoms with E-state index in [2.05, 4.69) is 10.6 Å². The Bertz CT molecular complexity index is 936. The SMILES string of the molecule is CCOc1ccc(C=C(NC(=O)c2ccccc2OCCC2CC2)C(=O)NCCO)cc1. The minimum Gasteiger partial charge on any atom is -0.494 e. The Morgan fingerprint density at radius 1 is 1.09 bits per heavy atom. The summed E-state index contributed by atoms with van der Waals surface area (Å²) in [6, 6.07) is 14.2. The number of para-hydroxylation sites is 1. The van der Waals surface area contributed by atoms with Crippen molar-refractivity contribution in [1.29, 1.82) is 0 Å². The number of aliphatic hydroxyl groups excluding tert-OH is 1. The van der Waals surface area contributed by atoms with Gasteiger partial charge in [-0.3, -0.25) is 9.59 Å². The lowest BCUT2D eigenvalue weighted by Gasteiger charge is -2.14. The third-order valence-electron chi connectivity index (χ3n) is 5.00. The Balaban J connectivity index is 1.76. The number of carbonyl (C=O) groups excluding carboxylic acids is 2. The van der Waals surface area contributed by atoms with Crippen LogP contribution < -0.4 is 20.1 Å². The number of nitrogens with one attached hydrogen (secondary N) is 2. The molecule has 1 aliphatic rings. The molecule has 3 rings (SSSR count).